The molecule has 2 heterocycles. The fraction of sp³-hybridized carbons (Fsp3) is 0.333. The molecule has 1 fully saturated rings. The molecule has 7 heteroatoms. The molecule has 1 aliphatic rings. The normalized spacial score (nSPS) is 18.7. The van der Waals surface area contributed by atoms with Crippen molar-refractivity contribution < 1.29 is 4.79 Å². The average Bonchev–Trinajstić information content (AvgIpc) is 3.00. The van der Waals surface area contributed by atoms with Crippen LogP contribution in [0.25, 0.3) is 0 Å². The molecule has 0 bridgehead atoms. The molecule has 2 N–H and O–H groups in total. The predicted octanol–water partition coefficient (Wildman–Crippen LogP) is 3.00. The maximum absolute atomic E-state index is 12.7. The molecule has 22 heavy (non-hydrogen) atoms. The zero-order valence-electron chi connectivity index (χ0n) is 11.9. The van der Waals surface area contributed by atoms with Crippen molar-refractivity contribution >= 4 is 34.8 Å². The lowest BCUT2D eigenvalue weighted by Crippen LogP contribution is -2.50. The number of aromatic amines is 1. The first-order valence-electron chi connectivity index (χ1n) is 7.13. The van der Waals surface area contributed by atoms with E-state index in [1.807, 2.05) is 6.07 Å². The Morgan fingerprint density at radius 3 is 2.95 bits per heavy atom. The molecule has 1 aromatic carbocycles. The number of nitrogens with zero attached hydrogens (tertiary/aromatic N) is 2. The summed E-state index contributed by atoms with van der Waals surface area (Å²) in [5.74, 6) is 0.0370. The first-order chi connectivity index (χ1) is 10.6. The highest BCUT2D eigenvalue weighted by molar-refractivity contribution is 6.36. The molecule has 1 atom stereocenters. The van der Waals surface area contributed by atoms with Crippen molar-refractivity contribution in [3.63, 3.8) is 0 Å². The third-order valence-corrected chi connectivity index (χ3v) is 4.27. The number of rotatable bonds is 4. The molecule has 0 radical (unpaired) electrons. The Bertz CT molecular complexity index is 660. The van der Waals surface area contributed by atoms with E-state index in [0.29, 0.717) is 28.8 Å². The van der Waals surface area contributed by atoms with Gasteiger partial charge in [-0.1, -0.05) is 23.2 Å². The second-order valence-electron chi connectivity index (χ2n) is 5.24. The van der Waals surface area contributed by atoms with Crippen LogP contribution in [0.4, 0.5) is 5.69 Å². The van der Waals surface area contributed by atoms with Crippen molar-refractivity contribution in [3.05, 3.63) is 46.2 Å². The van der Waals surface area contributed by atoms with Gasteiger partial charge in [-0.25, -0.2) is 0 Å². The molecule has 0 spiro atoms. The van der Waals surface area contributed by atoms with Gasteiger partial charge in [-0.05, 0) is 37.1 Å². The van der Waals surface area contributed by atoms with Crippen LogP contribution in [0.15, 0.2) is 30.5 Å². The summed E-state index contributed by atoms with van der Waals surface area (Å²) in [6.45, 7) is 1.25. The van der Waals surface area contributed by atoms with Crippen molar-refractivity contribution in [2.45, 2.75) is 25.4 Å². The van der Waals surface area contributed by atoms with E-state index in [0.717, 1.165) is 18.5 Å². The van der Waals surface area contributed by atoms with E-state index in [1.165, 1.54) is 0 Å². The summed E-state index contributed by atoms with van der Waals surface area (Å²) in [5.41, 5.74) is 1.67. The van der Waals surface area contributed by atoms with Gasteiger partial charge in [-0.2, -0.15) is 5.10 Å². The second-order valence-corrected chi connectivity index (χ2v) is 6.09. The highest BCUT2D eigenvalue weighted by atomic mass is 35.5. The molecular weight excluding hydrogens is 323 g/mol. The molecule has 0 saturated carbocycles. The summed E-state index contributed by atoms with van der Waals surface area (Å²) in [7, 11) is 0. The molecule has 2 aromatic rings. The molecule has 5 nitrogen and oxygen atoms in total. The monoisotopic (exact) mass is 338 g/mol. The van der Waals surface area contributed by atoms with Gasteiger partial charge in [0.15, 0.2) is 0 Å². The Hall–Kier alpha value is -1.56. The van der Waals surface area contributed by atoms with E-state index in [2.05, 4.69) is 15.5 Å². The minimum Gasteiger partial charge on any atom is -0.310 e. The molecule has 1 aromatic heterocycles. The lowest BCUT2D eigenvalue weighted by atomic mass is 10.0. The SMILES string of the molecule is O=C1[C@H](NCc2ccn[nH]2)CCCN1c1ccc(Cl)cc1Cl. The number of anilines is 1. The first kappa shape index (κ1) is 15.3. The number of nitrogens with one attached hydrogen (secondary N) is 2. The minimum atomic E-state index is -0.219. The van der Waals surface area contributed by atoms with Crippen molar-refractivity contribution in [3.8, 4) is 0 Å². The van der Waals surface area contributed by atoms with E-state index in [9.17, 15) is 4.79 Å². The fourth-order valence-electron chi connectivity index (χ4n) is 2.62. The van der Waals surface area contributed by atoms with Crippen LogP contribution in [-0.2, 0) is 11.3 Å². The second kappa shape index (κ2) is 6.69. The first-order valence-corrected chi connectivity index (χ1v) is 7.89. The van der Waals surface area contributed by atoms with Gasteiger partial charge in [0, 0.05) is 30.0 Å². The Morgan fingerprint density at radius 2 is 2.23 bits per heavy atom. The van der Waals surface area contributed by atoms with Gasteiger partial charge in [-0.15, -0.1) is 0 Å². The van der Waals surface area contributed by atoms with Gasteiger partial charge in [0.1, 0.15) is 0 Å². The maximum atomic E-state index is 12.7. The van der Waals surface area contributed by atoms with E-state index in [-0.39, 0.29) is 11.9 Å². The highest BCUT2D eigenvalue weighted by Crippen LogP contribution is 2.31. The van der Waals surface area contributed by atoms with Crippen LogP contribution in [0, 0.1) is 0 Å². The van der Waals surface area contributed by atoms with E-state index >= 15 is 0 Å². The molecule has 1 aliphatic heterocycles. The number of benzene rings is 1. The van der Waals surface area contributed by atoms with Crippen LogP contribution in [0.1, 0.15) is 18.5 Å². The number of carbonyl (C=O) groups excluding carboxylic acids is 1. The quantitative estimate of drug-likeness (QED) is 0.900. The summed E-state index contributed by atoms with van der Waals surface area (Å²) in [6, 6.07) is 6.86. The van der Waals surface area contributed by atoms with Gasteiger partial charge >= 0.3 is 0 Å². The van der Waals surface area contributed by atoms with Gasteiger partial charge in [-0.3, -0.25) is 9.89 Å². The lowest BCUT2D eigenvalue weighted by molar-refractivity contribution is -0.121. The van der Waals surface area contributed by atoms with Crippen molar-refractivity contribution in [2.24, 2.45) is 0 Å². The number of halogens is 2. The molecule has 1 saturated heterocycles. The number of hydrogen-bond donors (Lipinski definition) is 2. The summed E-state index contributed by atoms with van der Waals surface area (Å²) < 4.78 is 0. The standard InChI is InChI=1S/C15H16Cl2N4O/c16-10-3-4-14(12(17)8-10)21-7-1-2-13(15(21)22)18-9-11-5-6-19-20-11/h3-6,8,13,18H,1-2,7,9H2,(H,19,20)/t13-/m1/s1. The van der Waals surface area contributed by atoms with Gasteiger partial charge in [0.2, 0.25) is 5.91 Å². The summed E-state index contributed by atoms with van der Waals surface area (Å²) in [6.07, 6.45) is 3.43. The van der Waals surface area contributed by atoms with Crippen molar-refractivity contribution in [1.82, 2.24) is 15.5 Å². The number of piperidine rings is 1. The Balaban J connectivity index is 1.72. The Labute approximate surface area is 138 Å². The van der Waals surface area contributed by atoms with Crippen LogP contribution in [0.3, 0.4) is 0 Å². The maximum Gasteiger partial charge on any atom is 0.244 e. The van der Waals surface area contributed by atoms with Gasteiger partial charge in [0.25, 0.3) is 0 Å². The number of H-pyrrole nitrogens is 1. The highest BCUT2D eigenvalue weighted by Gasteiger charge is 2.30. The molecule has 0 aliphatic carbocycles. The number of amides is 1. The van der Waals surface area contributed by atoms with Gasteiger partial charge < -0.3 is 10.2 Å². The number of hydrogen-bond acceptors (Lipinski definition) is 3. The Kier molecular flexibility index (Phi) is 4.66. The zero-order valence-corrected chi connectivity index (χ0v) is 13.4. The smallest absolute Gasteiger partial charge is 0.244 e. The Morgan fingerprint density at radius 1 is 1.36 bits per heavy atom. The van der Waals surface area contributed by atoms with Gasteiger partial charge in [0.05, 0.1) is 16.8 Å². The van der Waals surface area contributed by atoms with E-state index < -0.39 is 0 Å². The summed E-state index contributed by atoms with van der Waals surface area (Å²) in [5, 5.41) is 11.1. The van der Waals surface area contributed by atoms with Crippen molar-refractivity contribution in [1.29, 1.82) is 0 Å². The largest absolute Gasteiger partial charge is 0.310 e. The number of aromatic nitrogens is 2. The molecule has 0 unspecified atom stereocenters. The molecule has 3 rings (SSSR count). The fourth-order valence-corrected chi connectivity index (χ4v) is 3.13. The third-order valence-electron chi connectivity index (χ3n) is 3.74. The van der Waals surface area contributed by atoms with Crippen LogP contribution in [-0.4, -0.2) is 28.7 Å². The lowest BCUT2D eigenvalue weighted by Gasteiger charge is -2.33. The number of carbonyl (C=O) groups is 1. The van der Waals surface area contributed by atoms with E-state index in [1.54, 1.807) is 29.3 Å². The molecule has 1 amide bonds. The van der Waals surface area contributed by atoms with Crippen LogP contribution >= 0.6 is 23.2 Å². The predicted molar refractivity (Wildman–Crippen MR) is 87.3 cm³/mol. The van der Waals surface area contributed by atoms with Crippen LogP contribution < -0.4 is 10.2 Å². The van der Waals surface area contributed by atoms with Crippen LogP contribution in [0.5, 0.6) is 0 Å². The summed E-state index contributed by atoms with van der Waals surface area (Å²) >= 11 is 12.1. The van der Waals surface area contributed by atoms with E-state index in [4.69, 9.17) is 23.2 Å². The van der Waals surface area contributed by atoms with Crippen LogP contribution in [0.2, 0.25) is 10.0 Å². The summed E-state index contributed by atoms with van der Waals surface area (Å²) in [4.78, 5) is 14.4. The average molecular weight is 339 g/mol. The molecule has 116 valence electrons. The minimum absolute atomic E-state index is 0.0370. The zero-order chi connectivity index (χ0) is 15.5. The topological polar surface area (TPSA) is 61.0 Å². The third kappa shape index (κ3) is 3.27. The molecular formula is C15H16Cl2N4O. The van der Waals surface area contributed by atoms with Crippen molar-refractivity contribution in [2.75, 3.05) is 11.4 Å².